The minimum Gasteiger partial charge on any atom is -0.508 e. The number of nitrogens with one attached hydrogen (secondary N) is 1. The van der Waals surface area contributed by atoms with Crippen molar-refractivity contribution in [3.05, 3.63) is 59.7 Å². The van der Waals surface area contributed by atoms with E-state index in [0.717, 1.165) is 11.3 Å². The minimum atomic E-state index is -0.185. The van der Waals surface area contributed by atoms with Gasteiger partial charge in [-0.1, -0.05) is 26.0 Å². The number of aryl methyl sites for hydroxylation is 1. The first-order valence-corrected chi connectivity index (χ1v) is 6.32. The van der Waals surface area contributed by atoms with E-state index in [-0.39, 0.29) is 11.7 Å². The van der Waals surface area contributed by atoms with E-state index in [4.69, 9.17) is 5.11 Å². The van der Waals surface area contributed by atoms with Crippen molar-refractivity contribution < 1.29 is 9.90 Å². The van der Waals surface area contributed by atoms with Gasteiger partial charge >= 0.3 is 0 Å². The molecular weight excluding hydrogens is 238 g/mol. The van der Waals surface area contributed by atoms with Gasteiger partial charge in [0.25, 0.3) is 5.91 Å². The fourth-order valence-electron chi connectivity index (χ4n) is 1.54. The van der Waals surface area contributed by atoms with Crippen molar-refractivity contribution in [3.63, 3.8) is 0 Å². The molecule has 2 N–H and O–H groups in total. The number of hydrogen-bond donors (Lipinski definition) is 2. The van der Waals surface area contributed by atoms with Crippen LogP contribution in [0, 0.1) is 6.92 Å². The van der Waals surface area contributed by atoms with Crippen LogP contribution in [0.3, 0.4) is 0 Å². The average molecular weight is 257 g/mol. The van der Waals surface area contributed by atoms with Crippen LogP contribution >= 0.6 is 0 Å². The first kappa shape index (κ1) is 14.8. The van der Waals surface area contributed by atoms with Crippen molar-refractivity contribution in [3.8, 4) is 5.75 Å². The second-order valence-electron chi connectivity index (χ2n) is 3.87. The zero-order valence-electron chi connectivity index (χ0n) is 11.5. The molecule has 100 valence electrons. The second-order valence-corrected chi connectivity index (χ2v) is 3.87. The lowest BCUT2D eigenvalue weighted by molar-refractivity contribution is 0.102. The maximum Gasteiger partial charge on any atom is 0.255 e. The van der Waals surface area contributed by atoms with Gasteiger partial charge < -0.3 is 10.4 Å². The fourth-order valence-corrected chi connectivity index (χ4v) is 1.54. The topological polar surface area (TPSA) is 49.3 Å². The summed E-state index contributed by atoms with van der Waals surface area (Å²) in [5, 5.41) is 11.9. The number of carbonyl (C=O) groups is 1. The van der Waals surface area contributed by atoms with Gasteiger partial charge in [-0.05, 0) is 48.9 Å². The molecule has 0 unspecified atom stereocenters. The molecule has 0 atom stereocenters. The third kappa shape index (κ3) is 4.47. The molecule has 0 aromatic heterocycles. The number of benzene rings is 2. The van der Waals surface area contributed by atoms with Gasteiger partial charge in [0.1, 0.15) is 5.75 Å². The third-order valence-corrected chi connectivity index (χ3v) is 2.41. The molecule has 0 aliphatic carbocycles. The fraction of sp³-hybridized carbons (Fsp3) is 0.188. The minimum absolute atomic E-state index is 0.150. The predicted octanol–water partition coefficient (Wildman–Crippen LogP) is 3.98. The van der Waals surface area contributed by atoms with Crippen LogP contribution < -0.4 is 5.32 Å². The first-order valence-electron chi connectivity index (χ1n) is 6.32. The van der Waals surface area contributed by atoms with Crippen LogP contribution in [0.2, 0.25) is 0 Å². The van der Waals surface area contributed by atoms with Crippen LogP contribution in [0.5, 0.6) is 5.75 Å². The first-order chi connectivity index (χ1) is 9.15. The van der Waals surface area contributed by atoms with Crippen LogP contribution in [0.15, 0.2) is 48.5 Å². The SMILES string of the molecule is CC.Cc1cccc(NC(=O)c2ccc(O)cc2)c1. The summed E-state index contributed by atoms with van der Waals surface area (Å²) in [6.07, 6.45) is 0. The van der Waals surface area contributed by atoms with Crippen molar-refractivity contribution in [2.24, 2.45) is 0 Å². The maximum atomic E-state index is 11.8. The number of hydrogen-bond acceptors (Lipinski definition) is 2. The van der Waals surface area contributed by atoms with E-state index in [1.54, 1.807) is 12.1 Å². The number of phenols is 1. The van der Waals surface area contributed by atoms with Gasteiger partial charge in [0.15, 0.2) is 0 Å². The average Bonchev–Trinajstić information content (AvgIpc) is 2.41. The Morgan fingerprint density at radius 1 is 1.05 bits per heavy atom. The third-order valence-electron chi connectivity index (χ3n) is 2.41. The summed E-state index contributed by atoms with van der Waals surface area (Å²) in [7, 11) is 0. The molecule has 2 rings (SSSR count). The van der Waals surface area contributed by atoms with Crippen molar-refractivity contribution in [1.82, 2.24) is 0 Å². The van der Waals surface area contributed by atoms with E-state index in [9.17, 15) is 4.79 Å². The molecule has 0 bridgehead atoms. The van der Waals surface area contributed by atoms with E-state index in [1.165, 1.54) is 12.1 Å². The zero-order chi connectivity index (χ0) is 14.3. The number of anilines is 1. The van der Waals surface area contributed by atoms with E-state index in [2.05, 4.69) is 5.32 Å². The van der Waals surface area contributed by atoms with Gasteiger partial charge in [-0.15, -0.1) is 0 Å². The van der Waals surface area contributed by atoms with E-state index >= 15 is 0 Å². The lowest BCUT2D eigenvalue weighted by Gasteiger charge is -2.05. The van der Waals surface area contributed by atoms with Gasteiger partial charge in [0.2, 0.25) is 0 Å². The molecule has 0 radical (unpaired) electrons. The number of aromatic hydroxyl groups is 1. The lowest BCUT2D eigenvalue weighted by Crippen LogP contribution is -2.11. The molecule has 0 aliphatic rings. The Labute approximate surface area is 113 Å². The lowest BCUT2D eigenvalue weighted by atomic mass is 10.2. The molecule has 2 aromatic carbocycles. The second kappa shape index (κ2) is 7.21. The molecular formula is C16H19NO2. The van der Waals surface area contributed by atoms with Crippen molar-refractivity contribution in [1.29, 1.82) is 0 Å². The predicted molar refractivity (Wildman–Crippen MR) is 78.6 cm³/mol. The molecule has 3 heteroatoms. The largest absolute Gasteiger partial charge is 0.508 e. The van der Waals surface area contributed by atoms with Gasteiger partial charge in [0, 0.05) is 11.3 Å². The Balaban J connectivity index is 0.000000861. The Morgan fingerprint density at radius 3 is 2.26 bits per heavy atom. The Bertz CT molecular complexity index is 533. The maximum absolute atomic E-state index is 11.8. The highest BCUT2D eigenvalue weighted by molar-refractivity contribution is 6.04. The van der Waals surface area contributed by atoms with Gasteiger partial charge in [-0.2, -0.15) is 0 Å². The standard InChI is InChI=1S/C14H13NO2.C2H6/c1-10-3-2-4-12(9-10)15-14(17)11-5-7-13(16)8-6-11;1-2/h2-9,16H,1H3,(H,15,17);1-2H3. The van der Waals surface area contributed by atoms with E-state index in [1.807, 2.05) is 45.0 Å². The molecule has 0 saturated carbocycles. The Hall–Kier alpha value is -2.29. The molecule has 19 heavy (non-hydrogen) atoms. The van der Waals surface area contributed by atoms with Gasteiger partial charge in [-0.25, -0.2) is 0 Å². The number of phenolic OH excluding ortho intramolecular Hbond substituents is 1. The van der Waals surface area contributed by atoms with Crippen LogP contribution in [0.4, 0.5) is 5.69 Å². The van der Waals surface area contributed by atoms with Crippen LogP contribution in [-0.4, -0.2) is 11.0 Å². The molecule has 0 spiro atoms. The summed E-state index contributed by atoms with van der Waals surface area (Å²) in [6.45, 7) is 5.97. The highest BCUT2D eigenvalue weighted by Crippen LogP contribution is 2.13. The van der Waals surface area contributed by atoms with Crippen LogP contribution in [-0.2, 0) is 0 Å². The molecule has 0 aliphatic heterocycles. The molecule has 3 nitrogen and oxygen atoms in total. The quantitative estimate of drug-likeness (QED) is 0.855. The monoisotopic (exact) mass is 257 g/mol. The zero-order valence-corrected chi connectivity index (χ0v) is 11.5. The Morgan fingerprint density at radius 2 is 1.68 bits per heavy atom. The highest BCUT2D eigenvalue weighted by Gasteiger charge is 2.05. The number of carbonyl (C=O) groups excluding carboxylic acids is 1. The van der Waals surface area contributed by atoms with Crippen LogP contribution in [0.25, 0.3) is 0 Å². The summed E-state index contributed by atoms with van der Waals surface area (Å²) >= 11 is 0. The summed E-state index contributed by atoms with van der Waals surface area (Å²) in [4.78, 5) is 11.8. The van der Waals surface area contributed by atoms with E-state index < -0.39 is 0 Å². The number of amides is 1. The molecule has 0 saturated heterocycles. The summed E-state index contributed by atoms with van der Waals surface area (Å²) in [6, 6.07) is 13.7. The molecule has 0 fully saturated rings. The Kier molecular flexibility index (Phi) is 5.61. The molecule has 1 amide bonds. The van der Waals surface area contributed by atoms with Crippen molar-refractivity contribution >= 4 is 11.6 Å². The highest BCUT2D eigenvalue weighted by atomic mass is 16.3. The normalized spacial score (nSPS) is 9.21. The van der Waals surface area contributed by atoms with Crippen molar-refractivity contribution in [2.75, 3.05) is 5.32 Å². The smallest absolute Gasteiger partial charge is 0.255 e. The van der Waals surface area contributed by atoms with Gasteiger partial charge in [-0.3, -0.25) is 4.79 Å². The number of rotatable bonds is 2. The van der Waals surface area contributed by atoms with Crippen LogP contribution in [0.1, 0.15) is 29.8 Å². The summed E-state index contributed by atoms with van der Waals surface area (Å²) in [5.41, 5.74) is 2.38. The van der Waals surface area contributed by atoms with E-state index in [0.29, 0.717) is 5.56 Å². The summed E-state index contributed by atoms with van der Waals surface area (Å²) in [5.74, 6) is -0.0345. The molecule has 2 aromatic rings. The molecule has 0 heterocycles. The van der Waals surface area contributed by atoms with Crippen molar-refractivity contribution in [2.45, 2.75) is 20.8 Å². The van der Waals surface area contributed by atoms with Gasteiger partial charge in [0.05, 0.1) is 0 Å². The summed E-state index contributed by atoms with van der Waals surface area (Å²) < 4.78 is 0.